The summed E-state index contributed by atoms with van der Waals surface area (Å²) in [4.78, 5) is 24.1. The van der Waals surface area contributed by atoms with Gasteiger partial charge in [-0.3, -0.25) is 14.5 Å². The topological polar surface area (TPSA) is 63.9 Å². The number of pyridine rings is 2. The van der Waals surface area contributed by atoms with Crippen LogP contribution < -0.4 is 0 Å². The number of carbonyl (C=O) groups is 1. The van der Waals surface area contributed by atoms with Crippen LogP contribution in [0.4, 0.5) is 4.39 Å². The number of aryl methyl sites for hydroxylation is 1. The number of piperidine rings is 1. The van der Waals surface area contributed by atoms with Crippen molar-refractivity contribution >= 4 is 16.7 Å². The Balaban J connectivity index is 1.44. The second kappa shape index (κ2) is 8.37. The molecule has 29 heavy (non-hydrogen) atoms. The Morgan fingerprint density at radius 1 is 1.28 bits per heavy atom. The molecule has 0 saturated carbocycles. The van der Waals surface area contributed by atoms with Gasteiger partial charge in [0.05, 0.1) is 17.4 Å². The van der Waals surface area contributed by atoms with E-state index in [1.54, 1.807) is 24.0 Å². The van der Waals surface area contributed by atoms with Crippen LogP contribution in [0.1, 0.15) is 25.5 Å². The van der Waals surface area contributed by atoms with E-state index in [2.05, 4.69) is 15.0 Å². The molecule has 6 nitrogen and oxygen atoms in total. The van der Waals surface area contributed by atoms with Crippen molar-refractivity contribution in [3.63, 3.8) is 0 Å². The minimum absolute atomic E-state index is 0.0355. The summed E-state index contributed by atoms with van der Waals surface area (Å²) in [5, 5.41) is 5.14. The number of halogens is 1. The van der Waals surface area contributed by atoms with Crippen LogP contribution in [0.25, 0.3) is 22.2 Å². The van der Waals surface area contributed by atoms with Crippen LogP contribution in [0.2, 0.25) is 0 Å². The van der Waals surface area contributed by atoms with Crippen molar-refractivity contribution in [3.8, 4) is 11.3 Å². The average molecular weight is 395 g/mol. The number of carbonyl (C=O) groups excluding carboxylic acids is 1. The molecule has 1 atom stereocenters. The van der Waals surface area contributed by atoms with Gasteiger partial charge in [0.2, 0.25) is 0 Å². The zero-order valence-electron chi connectivity index (χ0n) is 16.9. The van der Waals surface area contributed by atoms with Crippen LogP contribution in [0.5, 0.6) is 0 Å². The molecule has 1 fully saturated rings. The number of ketones is 1. The number of aromatic nitrogens is 4. The number of hydrogen-bond acceptors (Lipinski definition) is 5. The summed E-state index contributed by atoms with van der Waals surface area (Å²) in [7, 11) is 1.88. The summed E-state index contributed by atoms with van der Waals surface area (Å²) in [6.07, 6.45) is 6.58. The standard InChI is InChI=1S/C22H26FN5O/c1-15(23)13-28-7-5-16(6-8-28)22(29)10-19-9-21-17(11-24-19)3-4-20(26-21)18-12-25-27(2)14-18/h3-4,9,11-12,14-16H,5-8,10,13H2,1-2H3/t15-/m1/s1. The van der Waals surface area contributed by atoms with Crippen molar-refractivity contribution < 1.29 is 9.18 Å². The first-order chi connectivity index (χ1) is 14.0. The molecule has 0 aromatic carbocycles. The maximum atomic E-state index is 13.2. The number of alkyl halides is 1. The Kier molecular flexibility index (Phi) is 5.67. The first-order valence-corrected chi connectivity index (χ1v) is 10.1. The molecular formula is C22H26FN5O. The van der Waals surface area contributed by atoms with Gasteiger partial charge in [0, 0.05) is 55.0 Å². The highest BCUT2D eigenvalue weighted by Gasteiger charge is 2.25. The summed E-state index contributed by atoms with van der Waals surface area (Å²) in [5.41, 5.74) is 3.38. The van der Waals surface area contributed by atoms with Crippen molar-refractivity contribution in [3.05, 3.63) is 42.5 Å². The molecule has 0 aliphatic carbocycles. The van der Waals surface area contributed by atoms with Gasteiger partial charge in [0.1, 0.15) is 12.0 Å². The van der Waals surface area contributed by atoms with E-state index >= 15 is 0 Å². The quantitative estimate of drug-likeness (QED) is 0.641. The van der Waals surface area contributed by atoms with E-state index in [0.29, 0.717) is 13.0 Å². The second-order valence-electron chi connectivity index (χ2n) is 7.97. The molecule has 7 heteroatoms. The molecule has 0 spiro atoms. The molecule has 3 aromatic rings. The van der Waals surface area contributed by atoms with Crippen molar-refractivity contribution in [2.75, 3.05) is 19.6 Å². The van der Waals surface area contributed by atoms with Gasteiger partial charge in [0.25, 0.3) is 0 Å². The fraction of sp³-hybridized carbons (Fsp3) is 0.455. The Labute approximate surface area is 169 Å². The minimum atomic E-state index is -0.826. The molecule has 4 rings (SSSR count). The normalized spacial score (nSPS) is 16.9. The van der Waals surface area contributed by atoms with Gasteiger partial charge in [-0.05, 0) is 51.1 Å². The van der Waals surface area contributed by atoms with E-state index in [1.165, 1.54) is 0 Å². The second-order valence-corrected chi connectivity index (χ2v) is 7.97. The first-order valence-electron chi connectivity index (χ1n) is 10.1. The molecule has 0 radical (unpaired) electrons. The van der Waals surface area contributed by atoms with Crippen LogP contribution in [0.3, 0.4) is 0 Å². The average Bonchev–Trinajstić information content (AvgIpc) is 3.14. The fourth-order valence-corrected chi connectivity index (χ4v) is 3.99. The fourth-order valence-electron chi connectivity index (χ4n) is 3.99. The van der Waals surface area contributed by atoms with E-state index in [4.69, 9.17) is 4.98 Å². The van der Waals surface area contributed by atoms with Gasteiger partial charge in [-0.25, -0.2) is 9.37 Å². The van der Waals surface area contributed by atoms with Gasteiger partial charge < -0.3 is 4.90 Å². The lowest BCUT2D eigenvalue weighted by Crippen LogP contribution is -2.39. The van der Waals surface area contributed by atoms with Crippen molar-refractivity contribution in [1.82, 2.24) is 24.6 Å². The zero-order chi connectivity index (χ0) is 20.4. The lowest BCUT2D eigenvalue weighted by Gasteiger charge is -2.31. The van der Waals surface area contributed by atoms with Crippen LogP contribution in [-0.4, -0.2) is 56.2 Å². The van der Waals surface area contributed by atoms with E-state index in [-0.39, 0.29) is 11.7 Å². The largest absolute Gasteiger partial charge is 0.300 e. The van der Waals surface area contributed by atoms with Gasteiger partial charge in [-0.2, -0.15) is 5.10 Å². The third-order valence-electron chi connectivity index (χ3n) is 5.54. The Hall–Kier alpha value is -2.67. The van der Waals surface area contributed by atoms with Gasteiger partial charge in [-0.15, -0.1) is 0 Å². The van der Waals surface area contributed by atoms with Gasteiger partial charge in [-0.1, -0.05) is 0 Å². The van der Waals surface area contributed by atoms with Crippen LogP contribution in [0.15, 0.2) is 36.8 Å². The molecule has 1 saturated heterocycles. The number of fused-ring (bicyclic) bond motifs is 1. The summed E-state index contributed by atoms with van der Waals surface area (Å²) < 4.78 is 14.9. The number of likely N-dealkylation sites (tertiary alicyclic amines) is 1. The zero-order valence-corrected chi connectivity index (χ0v) is 16.9. The first kappa shape index (κ1) is 19.6. The molecule has 152 valence electrons. The van der Waals surface area contributed by atoms with Crippen molar-refractivity contribution in [2.24, 2.45) is 13.0 Å². The molecule has 0 amide bonds. The lowest BCUT2D eigenvalue weighted by atomic mass is 9.90. The molecular weight excluding hydrogens is 369 g/mol. The van der Waals surface area contributed by atoms with E-state index in [0.717, 1.165) is 53.8 Å². The maximum absolute atomic E-state index is 13.2. The lowest BCUT2D eigenvalue weighted by molar-refractivity contribution is -0.123. The predicted molar refractivity (Wildman–Crippen MR) is 110 cm³/mol. The molecule has 1 aliphatic heterocycles. The molecule has 0 unspecified atom stereocenters. The third kappa shape index (κ3) is 4.67. The monoisotopic (exact) mass is 395 g/mol. The highest BCUT2D eigenvalue weighted by molar-refractivity contribution is 5.85. The predicted octanol–water partition coefficient (Wildman–Crippen LogP) is 3.21. The Morgan fingerprint density at radius 2 is 2.07 bits per heavy atom. The van der Waals surface area contributed by atoms with Crippen LogP contribution >= 0.6 is 0 Å². The SMILES string of the molecule is C[C@@H](F)CN1CCC(C(=O)Cc2cc3nc(-c4cnn(C)c4)ccc3cn2)CC1. The maximum Gasteiger partial charge on any atom is 0.142 e. The van der Waals surface area contributed by atoms with Crippen LogP contribution in [-0.2, 0) is 18.3 Å². The highest BCUT2D eigenvalue weighted by Crippen LogP contribution is 2.23. The molecule has 0 N–H and O–H groups in total. The number of hydrogen-bond donors (Lipinski definition) is 0. The molecule has 3 aromatic heterocycles. The number of nitrogens with zero attached hydrogens (tertiary/aromatic N) is 5. The minimum Gasteiger partial charge on any atom is -0.300 e. The number of Topliss-reactive ketones (excluding diaryl/α,β-unsaturated/α-hetero) is 1. The molecule has 1 aliphatic rings. The van der Waals surface area contributed by atoms with Crippen molar-refractivity contribution in [2.45, 2.75) is 32.4 Å². The van der Waals surface area contributed by atoms with E-state index in [1.807, 2.05) is 31.4 Å². The van der Waals surface area contributed by atoms with Gasteiger partial charge in [0.15, 0.2) is 0 Å². The highest BCUT2D eigenvalue weighted by atomic mass is 19.1. The Bertz CT molecular complexity index is 1010. The number of rotatable bonds is 6. The van der Waals surface area contributed by atoms with E-state index in [9.17, 15) is 9.18 Å². The summed E-state index contributed by atoms with van der Waals surface area (Å²) in [6.45, 7) is 3.60. The summed E-state index contributed by atoms with van der Waals surface area (Å²) >= 11 is 0. The Morgan fingerprint density at radius 3 is 2.76 bits per heavy atom. The summed E-state index contributed by atoms with van der Waals surface area (Å²) in [5.74, 6) is 0.251. The third-order valence-corrected chi connectivity index (χ3v) is 5.54. The van der Waals surface area contributed by atoms with Crippen molar-refractivity contribution in [1.29, 1.82) is 0 Å². The smallest absolute Gasteiger partial charge is 0.142 e. The van der Waals surface area contributed by atoms with Gasteiger partial charge >= 0.3 is 0 Å². The molecule has 0 bridgehead atoms. The summed E-state index contributed by atoms with van der Waals surface area (Å²) in [6, 6.07) is 5.86. The molecule has 4 heterocycles. The van der Waals surface area contributed by atoms with Crippen LogP contribution in [0, 0.1) is 5.92 Å². The van der Waals surface area contributed by atoms with E-state index < -0.39 is 6.17 Å².